The number of fused-ring (bicyclic) bond motifs is 2. The molecule has 0 saturated carbocycles. The Bertz CT molecular complexity index is 1160. The summed E-state index contributed by atoms with van der Waals surface area (Å²) in [5.41, 5.74) is 3.23. The minimum Gasteiger partial charge on any atom is -0.478 e. The fourth-order valence-electron chi connectivity index (χ4n) is 3.62. The third-order valence-corrected chi connectivity index (χ3v) is 6.09. The van der Waals surface area contributed by atoms with Crippen LogP contribution in [0.2, 0.25) is 0 Å². The summed E-state index contributed by atoms with van der Waals surface area (Å²) in [5, 5.41) is 10.2. The number of nitrogens with zero attached hydrogens (tertiary/aromatic N) is 4. The molecule has 0 bridgehead atoms. The molecule has 2 aromatic carbocycles. The summed E-state index contributed by atoms with van der Waals surface area (Å²) in [6.45, 7) is 1.85. The molecule has 0 amide bonds. The molecule has 28 heavy (non-hydrogen) atoms. The van der Waals surface area contributed by atoms with E-state index in [1.807, 2.05) is 18.2 Å². The maximum absolute atomic E-state index is 11.4. The average molecular weight is 390 g/mol. The molecule has 1 fully saturated rings. The zero-order valence-electron chi connectivity index (χ0n) is 15.1. The van der Waals surface area contributed by atoms with Gasteiger partial charge in [-0.3, -0.25) is 0 Å². The Hall–Kier alpha value is -3.06. The molecule has 7 heteroatoms. The van der Waals surface area contributed by atoms with Gasteiger partial charge < -0.3 is 10.0 Å². The first-order valence-corrected chi connectivity index (χ1v) is 10.2. The van der Waals surface area contributed by atoms with E-state index in [9.17, 15) is 9.90 Å². The second-order valence-corrected chi connectivity index (χ2v) is 7.97. The van der Waals surface area contributed by atoms with Gasteiger partial charge in [0.25, 0.3) is 0 Å². The van der Waals surface area contributed by atoms with Crippen LogP contribution in [0.15, 0.2) is 42.5 Å². The van der Waals surface area contributed by atoms with E-state index in [-0.39, 0.29) is 5.56 Å². The molecule has 0 aliphatic carbocycles. The van der Waals surface area contributed by atoms with Gasteiger partial charge in [-0.2, -0.15) is 0 Å². The molecule has 0 unspecified atom stereocenters. The Morgan fingerprint density at radius 1 is 0.929 bits per heavy atom. The summed E-state index contributed by atoms with van der Waals surface area (Å²) in [7, 11) is 0. The number of benzene rings is 2. The number of carbonyl (C=O) groups is 1. The first kappa shape index (κ1) is 17.1. The summed E-state index contributed by atoms with van der Waals surface area (Å²) < 4.78 is 1.12. The van der Waals surface area contributed by atoms with Crippen LogP contribution in [0.3, 0.4) is 0 Å². The highest BCUT2D eigenvalue weighted by molar-refractivity contribution is 7.21. The van der Waals surface area contributed by atoms with Gasteiger partial charge in [0.05, 0.1) is 26.8 Å². The summed E-state index contributed by atoms with van der Waals surface area (Å²) >= 11 is 1.61. The SMILES string of the molecule is O=C(O)c1ccc2nc(-c3nc4ccccc4s3)c(N3CCCCC3)nc2c1. The van der Waals surface area contributed by atoms with Crippen molar-refractivity contribution >= 4 is 44.4 Å². The van der Waals surface area contributed by atoms with Crippen molar-refractivity contribution in [3.05, 3.63) is 48.0 Å². The number of hydrogen-bond acceptors (Lipinski definition) is 6. The maximum Gasteiger partial charge on any atom is 0.335 e. The third-order valence-electron chi connectivity index (χ3n) is 5.04. The van der Waals surface area contributed by atoms with Crippen LogP contribution in [0.4, 0.5) is 5.82 Å². The molecule has 4 aromatic rings. The summed E-state index contributed by atoms with van der Waals surface area (Å²) in [5.74, 6) is -0.160. The van der Waals surface area contributed by atoms with E-state index < -0.39 is 5.97 Å². The molecule has 3 heterocycles. The minimum atomic E-state index is -0.960. The Kier molecular flexibility index (Phi) is 4.16. The van der Waals surface area contributed by atoms with Crippen LogP contribution in [0.25, 0.3) is 32.0 Å². The molecule has 1 aliphatic heterocycles. The van der Waals surface area contributed by atoms with E-state index in [1.165, 1.54) is 6.42 Å². The zero-order valence-corrected chi connectivity index (χ0v) is 15.9. The molecule has 0 spiro atoms. The second-order valence-electron chi connectivity index (χ2n) is 6.94. The first-order valence-electron chi connectivity index (χ1n) is 9.35. The van der Waals surface area contributed by atoms with E-state index in [0.717, 1.165) is 52.7 Å². The topological polar surface area (TPSA) is 79.2 Å². The van der Waals surface area contributed by atoms with Gasteiger partial charge in [0.15, 0.2) is 5.82 Å². The van der Waals surface area contributed by atoms with E-state index in [0.29, 0.717) is 11.0 Å². The monoisotopic (exact) mass is 390 g/mol. The second kappa shape index (κ2) is 6.83. The highest BCUT2D eigenvalue weighted by Gasteiger charge is 2.22. The average Bonchev–Trinajstić information content (AvgIpc) is 3.17. The fraction of sp³-hybridized carbons (Fsp3) is 0.238. The number of piperidine rings is 1. The van der Waals surface area contributed by atoms with Crippen LogP contribution in [0, 0.1) is 0 Å². The lowest BCUT2D eigenvalue weighted by Crippen LogP contribution is -2.31. The molecular formula is C21H18N4O2S. The van der Waals surface area contributed by atoms with Crippen molar-refractivity contribution in [3.8, 4) is 10.7 Å². The highest BCUT2D eigenvalue weighted by Crippen LogP contribution is 2.36. The van der Waals surface area contributed by atoms with Gasteiger partial charge in [-0.25, -0.2) is 19.7 Å². The van der Waals surface area contributed by atoms with Gasteiger partial charge in [-0.1, -0.05) is 12.1 Å². The molecular weight excluding hydrogens is 372 g/mol. The number of aromatic carboxylic acids is 1. The molecule has 5 rings (SSSR count). The van der Waals surface area contributed by atoms with Crippen LogP contribution in [-0.2, 0) is 0 Å². The molecule has 0 radical (unpaired) electrons. The molecule has 2 aromatic heterocycles. The molecule has 1 aliphatic rings. The molecule has 1 N–H and O–H groups in total. The smallest absolute Gasteiger partial charge is 0.335 e. The van der Waals surface area contributed by atoms with E-state index in [4.69, 9.17) is 15.0 Å². The van der Waals surface area contributed by atoms with Gasteiger partial charge in [-0.15, -0.1) is 11.3 Å². The largest absolute Gasteiger partial charge is 0.478 e. The van der Waals surface area contributed by atoms with Gasteiger partial charge in [0, 0.05) is 13.1 Å². The summed E-state index contributed by atoms with van der Waals surface area (Å²) in [6.07, 6.45) is 3.46. The number of carboxylic acids is 1. The standard InChI is InChI=1S/C21H18N4O2S/c26-21(27)13-8-9-14-16(12-13)23-19(25-10-4-1-5-11-25)18(22-14)20-24-15-6-2-3-7-17(15)28-20/h2-3,6-9,12H,1,4-5,10-11H2,(H,26,27). The molecule has 140 valence electrons. The third kappa shape index (κ3) is 2.97. The van der Waals surface area contributed by atoms with Crippen LogP contribution in [0.1, 0.15) is 29.6 Å². The Morgan fingerprint density at radius 3 is 2.54 bits per heavy atom. The van der Waals surface area contributed by atoms with Crippen molar-refractivity contribution in [3.63, 3.8) is 0 Å². The van der Waals surface area contributed by atoms with Crippen LogP contribution < -0.4 is 4.90 Å². The molecule has 6 nitrogen and oxygen atoms in total. The van der Waals surface area contributed by atoms with Gasteiger partial charge >= 0.3 is 5.97 Å². The lowest BCUT2D eigenvalue weighted by molar-refractivity contribution is 0.0697. The summed E-state index contributed by atoms with van der Waals surface area (Å²) in [6, 6.07) is 12.9. The number of anilines is 1. The van der Waals surface area contributed by atoms with Gasteiger partial charge in [0.2, 0.25) is 0 Å². The fourth-order valence-corrected chi connectivity index (χ4v) is 4.57. The number of para-hydroxylation sites is 1. The Balaban J connectivity index is 1.72. The van der Waals surface area contributed by atoms with Gasteiger partial charge in [-0.05, 0) is 49.6 Å². The van der Waals surface area contributed by atoms with Gasteiger partial charge in [0.1, 0.15) is 10.7 Å². The maximum atomic E-state index is 11.4. The normalized spacial score (nSPS) is 14.6. The van der Waals surface area contributed by atoms with E-state index >= 15 is 0 Å². The lowest BCUT2D eigenvalue weighted by atomic mass is 10.1. The van der Waals surface area contributed by atoms with Crippen LogP contribution >= 0.6 is 11.3 Å². The van der Waals surface area contributed by atoms with Crippen molar-refractivity contribution in [2.24, 2.45) is 0 Å². The van der Waals surface area contributed by atoms with Crippen LogP contribution in [-0.4, -0.2) is 39.1 Å². The van der Waals surface area contributed by atoms with Crippen LogP contribution in [0.5, 0.6) is 0 Å². The van der Waals surface area contributed by atoms with Crippen molar-refractivity contribution in [1.29, 1.82) is 0 Å². The first-order chi connectivity index (χ1) is 13.7. The van der Waals surface area contributed by atoms with E-state index in [2.05, 4.69) is 11.0 Å². The number of rotatable bonds is 3. The zero-order chi connectivity index (χ0) is 19.1. The molecule has 1 saturated heterocycles. The Morgan fingerprint density at radius 2 is 1.75 bits per heavy atom. The molecule has 0 atom stereocenters. The summed E-state index contributed by atoms with van der Waals surface area (Å²) in [4.78, 5) is 28.1. The number of aromatic nitrogens is 3. The van der Waals surface area contributed by atoms with Crippen molar-refractivity contribution in [2.45, 2.75) is 19.3 Å². The Labute approximate surface area is 165 Å². The predicted octanol–water partition coefficient (Wildman–Crippen LogP) is 4.60. The number of thiazole rings is 1. The van der Waals surface area contributed by atoms with Crippen molar-refractivity contribution < 1.29 is 9.90 Å². The van der Waals surface area contributed by atoms with Crippen molar-refractivity contribution in [1.82, 2.24) is 15.0 Å². The number of hydrogen-bond donors (Lipinski definition) is 1. The minimum absolute atomic E-state index is 0.221. The number of carboxylic acid groups (broad SMARTS) is 1. The van der Waals surface area contributed by atoms with E-state index in [1.54, 1.807) is 29.5 Å². The highest BCUT2D eigenvalue weighted by atomic mass is 32.1. The van der Waals surface area contributed by atoms with Crippen molar-refractivity contribution in [2.75, 3.05) is 18.0 Å². The quantitative estimate of drug-likeness (QED) is 0.551. The lowest BCUT2D eigenvalue weighted by Gasteiger charge is -2.28. The predicted molar refractivity (Wildman–Crippen MR) is 111 cm³/mol.